The lowest BCUT2D eigenvalue weighted by molar-refractivity contribution is -0.141. The molecule has 0 aliphatic rings. The molecule has 1 aromatic heterocycles. The minimum absolute atomic E-state index is 0.352. The van der Waals surface area contributed by atoms with Crippen LogP contribution >= 0.6 is 11.8 Å². The zero-order valence-corrected chi connectivity index (χ0v) is 9.61. The molecule has 0 aliphatic carbocycles. The van der Waals surface area contributed by atoms with Crippen molar-refractivity contribution in [3.8, 4) is 0 Å². The van der Waals surface area contributed by atoms with Gasteiger partial charge < -0.3 is 0 Å². The first-order valence-corrected chi connectivity index (χ1v) is 5.54. The van der Waals surface area contributed by atoms with Gasteiger partial charge in [0.25, 0.3) is 0 Å². The molecule has 1 aromatic rings. The van der Waals surface area contributed by atoms with E-state index in [4.69, 9.17) is 0 Å². The number of hydrogen-bond donors (Lipinski definition) is 0. The van der Waals surface area contributed by atoms with Gasteiger partial charge in [0.05, 0.1) is 5.03 Å². The van der Waals surface area contributed by atoms with Gasteiger partial charge in [0.15, 0.2) is 0 Å². The van der Waals surface area contributed by atoms with E-state index >= 15 is 0 Å². The number of halogens is 3. The molecule has 0 spiro atoms. The predicted molar refractivity (Wildman–Crippen MR) is 54.8 cm³/mol. The number of hydrogen-bond acceptors (Lipinski definition) is 3. The first-order chi connectivity index (χ1) is 7.04. The van der Waals surface area contributed by atoms with Gasteiger partial charge >= 0.3 is 6.18 Å². The third kappa shape index (κ3) is 5.01. The van der Waals surface area contributed by atoms with E-state index in [9.17, 15) is 13.2 Å². The van der Waals surface area contributed by atoms with Crippen LogP contribution in [0.25, 0.3) is 0 Å². The van der Waals surface area contributed by atoms with Crippen molar-refractivity contribution in [2.24, 2.45) is 0 Å². The lowest BCUT2D eigenvalue weighted by Crippen LogP contribution is -2.08. The van der Waals surface area contributed by atoms with Gasteiger partial charge in [0.1, 0.15) is 12.0 Å². The second-order valence-electron chi connectivity index (χ2n) is 2.17. The van der Waals surface area contributed by atoms with Gasteiger partial charge in [-0.25, -0.2) is 9.97 Å². The van der Waals surface area contributed by atoms with Crippen LogP contribution in [0.2, 0.25) is 0 Å². The SMILES string of the molecule is CC.CCSc1cc(C(F)(F)F)ncn1. The number of alkyl halides is 3. The molecule has 0 saturated heterocycles. The van der Waals surface area contributed by atoms with E-state index < -0.39 is 11.9 Å². The Labute approximate surface area is 91.3 Å². The van der Waals surface area contributed by atoms with Crippen molar-refractivity contribution in [3.05, 3.63) is 18.1 Å². The largest absolute Gasteiger partial charge is 0.433 e. The first-order valence-electron chi connectivity index (χ1n) is 4.56. The number of nitrogens with zero attached hydrogens (tertiary/aromatic N) is 2. The Hall–Kier alpha value is -0.780. The van der Waals surface area contributed by atoms with Gasteiger partial charge in [-0.2, -0.15) is 13.2 Å². The Morgan fingerprint density at radius 1 is 1.27 bits per heavy atom. The zero-order chi connectivity index (χ0) is 11.9. The molecule has 1 heterocycles. The zero-order valence-electron chi connectivity index (χ0n) is 8.80. The number of rotatable bonds is 2. The van der Waals surface area contributed by atoms with E-state index in [1.54, 1.807) is 0 Å². The molecule has 0 bridgehead atoms. The maximum atomic E-state index is 12.1. The maximum absolute atomic E-state index is 12.1. The molecule has 0 amide bonds. The van der Waals surface area contributed by atoms with Gasteiger partial charge in [0.2, 0.25) is 0 Å². The van der Waals surface area contributed by atoms with E-state index in [2.05, 4.69) is 9.97 Å². The summed E-state index contributed by atoms with van der Waals surface area (Å²) in [6.45, 7) is 5.85. The fourth-order valence-corrected chi connectivity index (χ4v) is 1.33. The molecule has 6 heteroatoms. The minimum Gasteiger partial charge on any atom is -0.232 e. The maximum Gasteiger partial charge on any atom is 0.433 e. The third-order valence-corrected chi connectivity index (χ3v) is 2.03. The first kappa shape index (κ1) is 14.2. The Morgan fingerprint density at radius 2 is 1.87 bits per heavy atom. The molecule has 0 aromatic carbocycles. The third-order valence-electron chi connectivity index (χ3n) is 1.22. The van der Waals surface area contributed by atoms with Crippen molar-refractivity contribution in [1.29, 1.82) is 0 Å². The molecule has 0 atom stereocenters. The Balaban J connectivity index is 0.000000921. The molecule has 0 N–H and O–H groups in total. The van der Waals surface area contributed by atoms with E-state index in [-0.39, 0.29) is 0 Å². The molecular formula is C9H13F3N2S. The fourth-order valence-electron chi connectivity index (χ4n) is 0.721. The van der Waals surface area contributed by atoms with Crippen LogP contribution in [-0.4, -0.2) is 15.7 Å². The number of aromatic nitrogens is 2. The molecule has 0 fully saturated rings. The minimum atomic E-state index is -4.38. The monoisotopic (exact) mass is 238 g/mol. The van der Waals surface area contributed by atoms with Crippen LogP contribution in [-0.2, 0) is 6.18 Å². The second-order valence-corrected chi connectivity index (χ2v) is 3.46. The summed E-state index contributed by atoms with van der Waals surface area (Å²) in [5, 5.41) is 0.352. The second kappa shape index (κ2) is 6.66. The molecule has 0 unspecified atom stereocenters. The smallest absolute Gasteiger partial charge is 0.232 e. The molecule has 0 saturated carbocycles. The summed E-state index contributed by atoms with van der Waals surface area (Å²) in [7, 11) is 0. The van der Waals surface area contributed by atoms with Gasteiger partial charge in [-0.3, -0.25) is 0 Å². The van der Waals surface area contributed by atoms with Crippen molar-refractivity contribution in [1.82, 2.24) is 9.97 Å². The van der Waals surface area contributed by atoms with E-state index in [0.29, 0.717) is 10.8 Å². The van der Waals surface area contributed by atoms with Crippen molar-refractivity contribution in [3.63, 3.8) is 0 Å². The van der Waals surface area contributed by atoms with Gasteiger partial charge in [-0.1, -0.05) is 20.8 Å². The van der Waals surface area contributed by atoms with Crippen LogP contribution in [0.4, 0.5) is 13.2 Å². The quantitative estimate of drug-likeness (QED) is 0.581. The van der Waals surface area contributed by atoms with Gasteiger partial charge in [-0.15, -0.1) is 11.8 Å². The van der Waals surface area contributed by atoms with Gasteiger partial charge in [-0.05, 0) is 5.75 Å². The van der Waals surface area contributed by atoms with E-state index in [0.717, 1.165) is 12.4 Å². The molecule has 0 aliphatic heterocycles. The summed E-state index contributed by atoms with van der Waals surface area (Å²) in [5.41, 5.74) is -0.890. The molecule has 1 rings (SSSR count). The summed E-state index contributed by atoms with van der Waals surface area (Å²) in [5.74, 6) is 0.689. The summed E-state index contributed by atoms with van der Waals surface area (Å²) in [6.07, 6.45) is -3.45. The highest BCUT2D eigenvalue weighted by atomic mass is 32.2. The van der Waals surface area contributed by atoms with E-state index in [1.165, 1.54) is 11.8 Å². The average molecular weight is 238 g/mol. The summed E-state index contributed by atoms with van der Waals surface area (Å²) < 4.78 is 36.3. The molecule has 15 heavy (non-hydrogen) atoms. The number of thioether (sulfide) groups is 1. The van der Waals surface area contributed by atoms with Crippen LogP contribution in [0.1, 0.15) is 26.5 Å². The standard InChI is InChI=1S/C7H7F3N2S.C2H6/c1-2-13-6-3-5(7(8,9)10)11-4-12-6;1-2/h3-4H,2H2,1H3;1-2H3. The Morgan fingerprint density at radius 3 is 2.33 bits per heavy atom. The summed E-state index contributed by atoms with van der Waals surface area (Å²) in [6, 6.07) is 0.953. The van der Waals surface area contributed by atoms with Crippen LogP contribution < -0.4 is 0 Å². The van der Waals surface area contributed by atoms with Crippen molar-refractivity contribution < 1.29 is 13.2 Å². The lowest BCUT2D eigenvalue weighted by Gasteiger charge is -2.05. The van der Waals surface area contributed by atoms with Crippen LogP contribution in [0.15, 0.2) is 17.4 Å². The summed E-state index contributed by atoms with van der Waals surface area (Å²) >= 11 is 1.25. The average Bonchev–Trinajstić information content (AvgIpc) is 2.21. The van der Waals surface area contributed by atoms with Crippen molar-refractivity contribution in [2.45, 2.75) is 32.0 Å². The molecule has 86 valence electrons. The molecule has 0 radical (unpaired) electrons. The topological polar surface area (TPSA) is 25.8 Å². The molecular weight excluding hydrogens is 225 g/mol. The van der Waals surface area contributed by atoms with E-state index in [1.807, 2.05) is 20.8 Å². The Kier molecular flexibility index (Phi) is 6.31. The van der Waals surface area contributed by atoms with Gasteiger partial charge in [0, 0.05) is 6.07 Å². The normalized spacial score (nSPS) is 10.5. The highest BCUT2D eigenvalue weighted by Gasteiger charge is 2.32. The van der Waals surface area contributed by atoms with Crippen LogP contribution in [0.3, 0.4) is 0 Å². The fraction of sp³-hybridized carbons (Fsp3) is 0.556. The van der Waals surface area contributed by atoms with Crippen molar-refractivity contribution >= 4 is 11.8 Å². The Bertz CT molecular complexity index is 289. The van der Waals surface area contributed by atoms with Crippen LogP contribution in [0, 0.1) is 0 Å². The van der Waals surface area contributed by atoms with Crippen molar-refractivity contribution in [2.75, 3.05) is 5.75 Å². The van der Waals surface area contributed by atoms with Crippen LogP contribution in [0.5, 0.6) is 0 Å². The predicted octanol–water partition coefficient (Wildman–Crippen LogP) is 3.63. The highest BCUT2D eigenvalue weighted by molar-refractivity contribution is 7.99. The highest BCUT2D eigenvalue weighted by Crippen LogP contribution is 2.28. The lowest BCUT2D eigenvalue weighted by atomic mass is 10.4. The molecule has 2 nitrogen and oxygen atoms in total. The summed E-state index contributed by atoms with van der Waals surface area (Å²) in [4.78, 5) is 6.84.